The van der Waals surface area contributed by atoms with Crippen molar-refractivity contribution in [2.45, 2.75) is 19.1 Å². The van der Waals surface area contributed by atoms with Crippen LogP contribution >= 0.6 is 11.6 Å². The van der Waals surface area contributed by atoms with Crippen LogP contribution in [0.2, 0.25) is 5.15 Å². The second-order valence-electron chi connectivity index (χ2n) is 3.52. The van der Waals surface area contributed by atoms with Crippen molar-refractivity contribution in [1.29, 1.82) is 0 Å². The van der Waals surface area contributed by atoms with Crippen molar-refractivity contribution in [3.05, 3.63) is 35.2 Å². The number of pyridine rings is 1. The first-order valence-corrected chi connectivity index (χ1v) is 5.05. The van der Waals surface area contributed by atoms with Crippen LogP contribution in [0.5, 0.6) is 0 Å². The zero-order valence-corrected chi connectivity index (χ0v) is 9.02. The van der Waals surface area contributed by atoms with Gasteiger partial charge < -0.3 is 10.8 Å². The molecule has 0 saturated heterocycles. The van der Waals surface area contributed by atoms with E-state index in [9.17, 15) is 5.11 Å². The summed E-state index contributed by atoms with van der Waals surface area (Å²) < 4.78 is 1.71. The van der Waals surface area contributed by atoms with E-state index in [0.717, 1.165) is 0 Å². The lowest BCUT2D eigenvalue weighted by molar-refractivity contribution is 0.149. The first-order chi connectivity index (χ1) is 7.11. The molecule has 0 bridgehead atoms. The Bertz CT molecular complexity index is 480. The van der Waals surface area contributed by atoms with Gasteiger partial charge in [0.15, 0.2) is 0 Å². The summed E-state index contributed by atoms with van der Waals surface area (Å²) in [5.41, 5.74) is 6.74. The normalized spacial score (nSPS) is 15.5. The molecule has 0 aromatic carbocycles. The van der Waals surface area contributed by atoms with Crippen LogP contribution in [0.4, 0.5) is 0 Å². The van der Waals surface area contributed by atoms with E-state index in [-0.39, 0.29) is 0 Å². The molecular formula is C10H12ClN3O. The van der Waals surface area contributed by atoms with E-state index in [2.05, 4.69) is 4.98 Å². The summed E-state index contributed by atoms with van der Waals surface area (Å²) in [5, 5.41) is 10.2. The van der Waals surface area contributed by atoms with Gasteiger partial charge in [0.1, 0.15) is 22.6 Å². The van der Waals surface area contributed by atoms with E-state index >= 15 is 0 Å². The number of hydrogen-bond acceptors (Lipinski definition) is 3. The highest BCUT2D eigenvalue weighted by atomic mass is 35.5. The lowest BCUT2D eigenvalue weighted by Gasteiger charge is -2.11. The summed E-state index contributed by atoms with van der Waals surface area (Å²) in [5.74, 6) is 0. The average Bonchev–Trinajstić information content (AvgIpc) is 2.56. The first kappa shape index (κ1) is 10.4. The fourth-order valence-corrected chi connectivity index (χ4v) is 1.72. The molecule has 2 unspecified atom stereocenters. The number of nitrogens with zero attached hydrogens (tertiary/aromatic N) is 2. The fraction of sp³-hybridized carbons (Fsp3) is 0.300. The summed E-state index contributed by atoms with van der Waals surface area (Å²) in [6.45, 7) is 1.71. The Morgan fingerprint density at radius 3 is 2.87 bits per heavy atom. The van der Waals surface area contributed by atoms with Gasteiger partial charge in [-0.25, -0.2) is 4.98 Å². The maximum atomic E-state index is 9.79. The molecule has 15 heavy (non-hydrogen) atoms. The molecule has 0 radical (unpaired) electrons. The molecule has 3 N–H and O–H groups in total. The highest BCUT2D eigenvalue weighted by Gasteiger charge is 2.20. The van der Waals surface area contributed by atoms with Crippen LogP contribution in [0, 0.1) is 0 Å². The number of aliphatic hydroxyl groups excluding tert-OH is 1. The number of imidazole rings is 1. The van der Waals surface area contributed by atoms with E-state index < -0.39 is 12.1 Å². The van der Waals surface area contributed by atoms with Gasteiger partial charge in [0.2, 0.25) is 0 Å². The Labute approximate surface area is 92.3 Å². The number of nitrogens with two attached hydrogens (primary N) is 1. The third-order valence-electron chi connectivity index (χ3n) is 2.27. The molecule has 0 saturated carbocycles. The highest BCUT2D eigenvalue weighted by Crippen LogP contribution is 2.25. The van der Waals surface area contributed by atoms with E-state index in [1.165, 1.54) is 0 Å². The molecule has 0 spiro atoms. The van der Waals surface area contributed by atoms with Crippen molar-refractivity contribution in [1.82, 2.24) is 9.38 Å². The summed E-state index contributed by atoms with van der Waals surface area (Å²) in [6.07, 6.45) is 0.958. The Kier molecular flexibility index (Phi) is 2.65. The summed E-state index contributed by atoms with van der Waals surface area (Å²) in [7, 11) is 0. The summed E-state index contributed by atoms with van der Waals surface area (Å²) in [4.78, 5) is 4.23. The van der Waals surface area contributed by atoms with Crippen molar-refractivity contribution in [3.63, 3.8) is 0 Å². The van der Waals surface area contributed by atoms with Crippen LogP contribution in [0.25, 0.3) is 5.65 Å². The number of fused-ring (bicyclic) bond motifs is 1. The Morgan fingerprint density at radius 1 is 1.53 bits per heavy atom. The predicted octanol–water partition coefficient (Wildman–Crippen LogP) is 1.37. The molecule has 4 nitrogen and oxygen atoms in total. The molecule has 2 rings (SSSR count). The topological polar surface area (TPSA) is 63.5 Å². The van der Waals surface area contributed by atoms with Gasteiger partial charge in [0.05, 0.1) is 0 Å². The van der Waals surface area contributed by atoms with Crippen molar-refractivity contribution >= 4 is 17.2 Å². The van der Waals surface area contributed by atoms with Gasteiger partial charge in [-0.15, -0.1) is 0 Å². The number of hydrogen-bond donors (Lipinski definition) is 2. The van der Waals surface area contributed by atoms with Crippen molar-refractivity contribution in [3.8, 4) is 0 Å². The molecule has 2 atom stereocenters. The summed E-state index contributed by atoms with van der Waals surface area (Å²) >= 11 is 6.08. The van der Waals surface area contributed by atoms with Crippen LogP contribution in [-0.4, -0.2) is 20.5 Å². The SMILES string of the molecule is CC(N)C(O)c1nc2ccccn2c1Cl. The van der Waals surface area contributed by atoms with Crippen LogP contribution < -0.4 is 5.73 Å². The van der Waals surface area contributed by atoms with Crippen molar-refractivity contribution in [2.24, 2.45) is 5.73 Å². The predicted molar refractivity (Wildman–Crippen MR) is 58.8 cm³/mol. The molecule has 0 amide bonds. The lowest BCUT2D eigenvalue weighted by atomic mass is 10.1. The van der Waals surface area contributed by atoms with Gasteiger partial charge in [-0.05, 0) is 19.1 Å². The molecule has 2 heterocycles. The molecule has 2 aromatic heterocycles. The minimum absolute atomic E-state index is 0.396. The van der Waals surface area contributed by atoms with E-state index in [0.29, 0.717) is 16.5 Å². The number of rotatable bonds is 2. The number of aromatic nitrogens is 2. The second-order valence-corrected chi connectivity index (χ2v) is 3.88. The number of halogens is 1. The summed E-state index contributed by atoms with van der Waals surface area (Å²) in [6, 6.07) is 5.14. The molecular weight excluding hydrogens is 214 g/mol. The zero-order valence-electron chi connectivity index (χ0n) is 8.26. The van der Waals surface area contributed by atoms with E-state index in [1.807, 2.05) is 18.2 Å². The average molecular weight is 226 g/mol. The van der Waals surface area contributed by atoms with Crippen molar-refractivity contribution in [2.75, 3.05) is 0 Å². The van der Waals surface area contributed by atoms with Crippen LogP contribution in [0.1, 0.15) is 18.7 Å². The molecule has 5 heteroatoms. The lowest BCUT2D eigenvalue weighted by Crippen LogP contribution is -2.24. The van der Waals surface area contributed by atoms with Crippen molar-refractivity contribution < 1.29 is 5.11 Å². The minimum Gasteiger partial charge on any atom is -0.385 e. The molecule has 0 fully saturated rings. The van der Waals surface area contributed by atoms with E-state index in [1.54, 1.807) is 17.5 Å². The Morgan fingerprint density at radius 2 is 2.27 bits per heavy atom. The quantitative estimate of drug-likeness (QED) is 0.812. The third kappa shape index (κ3) is 1.71. The van der Waals surface area contributed by atoms with Gasteiger partial charge in [-0.3, -0.25) is 4.40 Å². The van der Waals surface area contributed by atoms with Gasteiger partial charge in [-0.2, -0.15) is 0 Å². The minimum atomic E-state index is -0.836. The molecule has 80 valence electrons. The Balaban J connectivity index is 2.58. The van der Waals surface area contributed by atoms with Gasteiger partial charge >= 0.3 is 0 Å². The molecule has 2 aromatic rings. The maximum absolute atomic E-state index is 9.79. The van der Waals surface area contributed by atoms with Gasteiger partial charge in [0.25, 0.3) is 0 Å². The van der Waals surface area contributed by atoms with Gasteiger partial charge in [-0.1, -0.05) is 17.7 Å². The third-order valence-corrected chi connectivity index (χ3v) is 2.65. The van der Waals surface area contributed by atoms with Crippen LogP contribution in [0.3, 0.4) is 0 Å². The highest BCUT2D eigenvalue weighted by molar-refractivity contribution is 6.30. The molecule has 0 aliphatic heterocycles. The van der Waals surface area contributed by atoms with Gasteiger partial charge in [0, 0.05) is 12.2 Å². The number of aliphatic hydroxyl groups is 1. The van der Waals surface area contributed by atoms with Crippen LogP contribution in [0.15, 0.2) is 24.4 Å². The van der Waals surface area contributed by atoms with E-state index in [4.69, 9.17) is 17.3 Å². The standard InChI is InChI=1S/C10H12ClN3O/c1-6(12)9(15)8-10(11)14-5-3-2-4-7(14)13-8/h2-6,9,15H,12H2,1H3. The smallest absolute Gasteiger partial charge is 0.139 e. The largest absolute Gasteiger partial charge is 0.385 e. The monoisotopic (exact) mass is 225 g/mol. The Hall–Kier alpha value is -1.10. The first-order valence-electron chi connectivity index (χ1n) is 4.67. The molecule has 0 aliphatic rings. The fourth-order valence-electron chi connectivity index (χ4n) is 1.42. The molecule has 0 aliphatic carbocycles. The second kappa shape index (κ2) is 3.81. The van der Waals surface area contributed by atoms with Crippen LogP contribution in [-0.2, 0) is 0 Å². The zero-order chi connectivity index (χ0) is 11.0. The maximum Gasteiger partial charge on any atom is 0.139 e.